The first kappa shape index (κ1) is 21.9. The lowest BCUT2D eigenvalue weighted by atomic mass is 10.0. The zero-order valence-corrected chi connectivity index (χ0v) is 19.0. The number of nitrogens with one attached hydrogen (secondary N) is 2. The van der Waals surface area contributed by atoms with Gasteiger partial charge in [0, 0.05) is 42.8 Å². The number of hydrogen-bond donors (Lipinski definition) is 2. The van der Waals surface area contributed by atoms with Crippen LogP contribution in [0.25, 0.3) is 10.9 Å². The van der Waals surface area contributed by atoms with Gasteiger partial charge in [-0.2, -0.15) is 0 Å². The molecule has 1 aliphatic heterocycles. The van der Waals surface area contributed by atoms with Gasteiger partial charge in [-0.1, -0.05) is 66.7 Å². The first-order valence-corrected chi connectivity index (χ1v) is 11.7. The predicted molar refractivity (Wildman–Crippen MR) is 135 cm³/mol. The Bertz CT molecular complexity index is 1260. The SMILES string of the molecule is O=C(CN1CCN(C(=O)c2cc3ccccc3[nH]2)CC1)Nc1ccccc1Cc1ccccc1. The number of benzene rings is 3. The highest BCUT2D eigenvalue weighted by atomic mass is 16.2. The number of fused-ring (bicyclic) bond motifs is 1. The number of aromatic amines is 1. The van der Waals surface area contributed by atoms with Crippen LogP contribution in [0.4, 0.5) is 5.69 Å². The van der Waals surface area contributed by atoms with Gasteiger partial charge in [-0.25, -0.2) is 0 Å². The molecule has 0 unspecified atom stereocenters. The van der Waals surface area contributed by atoms with E-state index in [9.17, 15) is 9.59 Å². The summed E-state index contributed by atoms with van der Waals surface area (Å²) in [5.41, 5.74) is 4.73. The van der Waals surface area contributed by atoms with Crippen LogP contribution in [0.2, 0.25) is 0 Å². The molecule has 4 aromatic rings. The second kappa shape index (κ2) is 9.93. The van der Waals surface area contributed by atoms with Crippen LogP contribution in [-0.4, -0.2) is 59.3 Å². The lowest BCUT2D eigenvalue weighted by Crippen LogP contribution is -2.50. The number of H-pyrrole nitrogens is 1. The maximum atomic E-state index is 12.9. The fourth-order valence-electron chi connectivity index (χ4n) is 4.47. The van der Waals surface area contributed by atoms with E-state index in [1.54, 1.807) is 0 Å². The minimum absolute atomic E-state index is 0.00939. The second-order valence-electron chi connectivity index (χ2n) is 8.71. The maximum absolute atomic E-state index is 12.9. The first-order chi connectivity index (χ1) is 16.7. The van der Waals surface area contributed by atoms with Gasteiger partial charge in [0.05, 0.1) is 6.54 Å². The Morgan fingerprint density at radius 1 is 0.824 bits per heavy atom. The van der Waals surface area contributed by atoms with Crippen molar-refractivity contribution in [3.63, 3.8) is 0 Å². The number of piperazine rings is 1. The zero-order valence-electron chi connectivity index (χ0n) is 19.0. The lowest BCUT2D eigenvalue weighted by Gasteiger charge is -2.34. The Labute approximate surface area is 199 Å². The number of anilines is 1. The van der Waals surface area contributed by atoms with Gasteiger partial charge < -0.3 is 15.2 Å². The summed E-state index contributed by atoms with van der Waals surface area (Å²) in [5.74, 6) is -0.0222. The Morgan fingerprint density at radius 3 is 2.32 bits per heavy atom. The smallest absolute Gasteiger partial charge is 0.270 e. The van der Waals surface area contributed by atoms with Crippen LogP contribution >= 0.6 is 0 Å². The van der Waals surface area contributed by atoms with Crippen molar-refractivity contribution < 1.29 is 9.59 Å². The molecule has 1 aromatic heterocycles. The van der Waals surface area contributed by atoms with Crippen molar-refractivity contribution >= 4 is 28.4 Å². The molecular formula is C28H28N4O2. The molecule has 172 valence electrons. The Morgan fingerprint density at radius 2 is 1.53 bits per heavy atom. The van der Waals surface area contributed by atoms with Crippen LogP contribution in [0.15, 0.2) is 84.9 Å². The van der Waals surface area contributed by atoms with Gasteiger partial charge in [-0.3, -0.25) is 14.5 Å². The average molecular weight is 453 g/mol. The molecule has 0 saturated carbocycles. The van der Waals surface area contributed by atoms with Crippen molar-refractivity contribution in [3.05, 3.63) is 102 Å². The van der Waals surface area contributed by atoms with Gasteiger partial charge in [0.2, 0.25) is 5.91 Å². The molecule has 1 fully saturated rings. The van der Waals surface area contributed by atoms with E-state index in [1.807, 2.05) is 71.6 Å². The molecular weight excluding hydrogens is 424 g/mol. The largest absolute Gasteiger partial charge is 0.351 e. The van der Waals surface area contributed by atoms with E-state index in [1.165, 1.54) is 5.56 Å². The van der Waals surface area contributed by atoms with Crippen LogP contribution in [0.5, 0.6) is 0 Å². The fourth-order valence-corrected chi connectivity index (χ4v) is 4.47. The van der Waals surface area contributed by atoms with Gasteiger partial charge >= 0.3 is 0 Å². The average Bonchev–Trinajstić information content (AvgIpc) is 3.30. The molecule has 2 heterocycles. The normalized spacial score (nSPS) is 14.3. The van der Waals surface area contributed by atoms with Crippen molar-refractivity contribution in [2.24, 2.45) is 0 Å². The number of aromatic nitrogens is 1. The van der Waals surface area contributed by atoms with Crippen LogP contribution in [0.1, 0.15) is 21.6 Å². The summed E-state index contributed by atoms with van der Waals surface area (Å²) in [7, 11) is 0. The predicted octanol–water partition coefficient (Wildman–Crippen LogP) is 4.16. The molecule has 0 radical (unpaired) electrons. The van der Waals surface area contributed by atoms with Crippen LogP contribution < -0.4 is 5.32 Å². The number of carbonyl (C=O) groups excluding carboxylic acids is 2. The molecule has 2 amide bonds. The molecule has 3 aromatic carbocycles. The molecule has 0 spiro atoms. The Kier molecular flexibility index (Phi) is 6.40. The van der Waals surface area contributed by atoms with Gasteiger partial charge in [-0.15, -0.1) is 0 Å². The first-order valence-electron chi connectivity index (χ1n) is 11.7. The molecule has 2 N–H and O–H groups in total. The minimum atomic E-state index is -0.0316. The van der Waals surface area contributed by atoms with E-state index in [0.29, 0.717) is 38.4 Å². The highest BCUT2D eigenvalue weighted by Crippen LogP contribution is 2.20. The molecule has 6 nitrogen and oxygen atoms in total. The third kappa shape index (κ3) is 5.02. The molecule has 5 rings (SSSR count). The third-order valence-corrected chi connectivity index (χ3v) is 6.32. The summed E-state index contributed by atoms with van der Waals surface area (Å²) < 4.78 is 0. The van der Waals surface area contributed by atoms with Crippen molar-refractivity contribution in [2.45, 2.75) is 6.42 Å². The van der Waals surface area contributed by atoms with Crippen molar-refractivity contribution in [2.75, 3.05) is 38.0 Å². The van der Waals surface area contributed by atoms with E-state index in [0.717, 1.165) is 28.6 Å². The van der Waals surface area contributed by atoms with Gasteiger partial charge in [0.25, 0.3) is 5.91 Å². The quantitative estimate of drug-likeness (QED) is 0.462. The number of para-hydroxylation sites is 2. The molecule has 0 bridgehead atoms. The lowest BCUT2D eigenvalue weighted by molar-refractivity contribution is -0.117. The molecule has 6 heteroatoms. The highest BCUT2D eigenvalue weighted by Gasteiger charge is 2.24. The maximum Gasteiger partial charge on any atom is 0.270 e. The summed E-state index contributed by atoms with van der Waals surface area (Å²) in [6.45, 7) is 2.86. The minimum Gasteiger partial charge on any atom is -0.351 e. The molecule has 0 atom stereocenters. The van der Waals surface area contributed by atoms with Crippen molar-refractivity contribution in [1.82, 2.24) is 14.8 Å². The van der Waals surface area contributed by atoms with E-state index in [4.69, 9.17) is 0 Å². The monoisotopic (exact) mass is 452 g/mol. The molecule has 0 aliphatic carbocycles. The van der Waals surface area contributed by atoms with Crippen molar-refractivity contribution in [3.8, 4) is 0 Å². The topological polar surface area (TPSA) is 68.4 Å². The Balaban J connectivity index is 1.15. The summed E-state index contributed by atoms with van der Waals surface area (Å²) >= 11 is 0. The van der Waals surface area contributed by atoms with Crippen molar-refractivity contribution in [1.29, 1.82) is 0 Å². The number of nitrogens with zero attached hydrogens (tertiary/aromatic N) is 2. The van der Waals surface area contributed by atoms with Crippen LogP contribution in [0, 0.1) is 0 Å². The standard InChI is InChI=1S/C28H28N4O2/c33-27(30-25-13-7-4-10-22(25)18-21-8-2-1-3-9-21)20-31-14-16-32(17-15-31)28(34)26-19-23-11-5-6-12-24(23)29-26/h1-13,19,29H,14-18,20H2,(H,30,33). The number of carbonyl (C=O) groups is 2. The Hall–Kier alpha value is -3.90. The van der Waals surface area contributed by atoms with Crippen LogP contribution in [-0.2, 0) is 11.2 Å². The summed E-state index contributed by atoms with van der Waals surface area (Å²) in [4.78, 5) is 32.9. The number of amides is 2. The van der Waals surface area contributed by atoms with E-state index >= 15 is 0 Å². The van der Waals surface area contributed by atoms with Gasteiger partial charge in [0.1, 0.15) is 5.69 Å². The number of hydrogen-bond acceptors (Lipinski definition) is 3. The molecule has 1 aliphatic rings. The van der Waals surface area contributed by atoms with E-state index in [-0.39, 0.29) is 11.8 Å². The second-order valence-corrected chi connectivity index (χ2v) is 8.71. The molecule has 1 saturated heterocycles. The summed E-state index contributed by atoms with van der Waals surface area (Å²) in [6, 6.07) is 28.0. The summed E-state index contributed by atoms with van der Waals surface area (Å²) in [5, 5.41) is 4.12. The van der Waals surface area contributed by atoms with Gasteiger partial charge in [0.15, 0.2) is 0 Å². The number of rotatable bonds is 6. The zero-order chi connectivity index (χ0) is 23.3. The van der Waals surface area contributed by atoms with Crippen LogP contribution in [0.3, 0.4) is 0 Å². The van der Waals surface area contributed by atoms with Gasteiger partial charge in [-0.05, 0) is 35.7 Å². The van der Waals surface area contributed by atoms with E-state index < -0.39 is 0 Å². The highest BCUT2D eigenvalue weighted by molar-refractivity contribution is 5.98. The third-order valence-electron chi connectivity index (χ3n) is 6.32. The fraction of sp³-hybridized carbons (Fsp3) is 0.214. The summed E-state index contributed by atoms with van der Waals surface area (Å²) in [6.07, 6.45) is 0.770. The van der Waals surface area contributed by atoms with E-state index in [2.05, 4.69) is 33.4 Å². The molecule has 34 heavy (non-hydrogen) atoms.